The lowest BCUT2D eigenvalue weighted by Gasteiger charge is -2.21. The summed E-state index contributed by atoms with van der Waals surface area (Å²) < 4.78 is 2.42. The average molecular weight is 175 g/mol. The molecule has 0 spiro atoms. The predicted molar refractivity (Wildman–Crippen MR) is 50.1 cm³/mol. The quantitative estimate of drug-likeness (QED) is 0.599. The largest absolute Gasteiger partial charge is 0.345 e. The molecule has 0 aromatic carbocycles. The van der Waals surface area contributed by atoms with Crippen LogP contribution in [0.3, 0.4) is 0 Å². The van der Waals surface area contributed by atoms with Gasteiger partial charge in [-0.2, -0.15) is 0 Å². The lowest BCUT2D eigenvalue weighted by molar-refractivity contribution is 0.112. The molecule has 0 saturated carbocycles. The van der Waals surface area contributed by atoms with E-state index in [2.05, 4.69) is 10.6 Å². The maximum atomic E-state index is 10.8. The summed E-state index contributed by atoms with van der Waals surface area (Å²) in [7, 11) is 0. The van der Waals surface area contributed by atoms with Gasteiger partial charge in [0.1, 0.15) is 0 Å². The monoisotopic (exact) mass is 175 g/mol. The lowest BCUT2D eigenvalue weighted by atomic mass is 10.0. The number of nitrogens with zero attached hydrogens (tertiary/aromatic N) is 1. The minimum Gasteiger partial charge on any atom is -0.345 e. The number of hydrogen-bond acceptors (Lipinski definition) is 1. The molecule has 0 fully saturated rings. The average Bonchev–Trinajstić information content (AvgIpc) is 2.73. The van der Waals surface area contributed by atoms with Gasteiger partial charge in [0.2, 0.25) is 0 Å². The van der Waals surface area contributed by atoms with Crippen molar-refractivity contribution in [3.8, 4) is 0 Å². The fraction of sp³-hybridized carbons (Fsp3) is 0.545. The van der Waals surface area contributed by atoms with Crippen LogP contribution >= 0.6 is 0 Å². The maximum absolute atomic E-state index is 10.8. The summed E-state index contributed by atoms with van der Waals surface area (Å²) in [6, 6.07) is 2.81. The van der Waals surface area contributed by atoms with E-state index in [1.807, 2.05) is 0 Å². The van der Waals surface area contributed by atoms with Crippen molar-refractivity contribution in [1.29, 1.82) is 0 Å². The zero-order valence-electron chi connectivity index (χ0n) is 7.62. The van der Waals surface area contributed by atoms with Gasteiger partial charge >= 0.3 is 0 Å². The molecule has 2 nitrogen and oxygen atoms in total. The second kappa shape index (κ2) is 2.47. The number of aldehydes is 1. The summed E-state index contributed by atoms with van der Waals surface area (Å²) in [5.41, 5.74) is 3.64. The Labute approximate surface area is 77.6 Å². The Bertz CT molecular complexity index is 364. The van der Waals surface area contributed by atoms with Crippen LogP contribution in [0.2, 0.25) is 0 Å². The number of hydrogen-bond donors (Lipinski definition) is 0. The van der Waals surface area contributed by atoms with Gasteiger partial charge in [-0.1, -0.05) is 0 Å². The second-order valence-corrected chi connectivity index (χ2v) is 4.11. The molecule has 0 bridgehead atoms. The van der Waals surface area contributed by atoms with E-state index in [9.17, 15) is 4.79 Å². The van der Waals surface area contributed by atoms with E-state index in [4.69, 9.17) is 0 Å². The lowest BCUT2D eigenvalue weighted by Crippen LogP contribution is -2.13. The molecule has 0 radical (unpaired) electrons. The van der Waals surface area contributed by atoms with Crippen molar-refractivity contribution in [1.82, 2.24) is 4.57 Å². The highest BCUT2D eigenvalue weighted by Gasteiger charge is 2.29. The van der Waals surface area contributed by atoms with Gasteiger partial charge in [0.25, 0.3) is 0 Å². The van der Waals surface area contributed by atoms with E-state index in [-0.39, 0.29) is 0 Å². The SMILES string of the molecule is O=Cc1cc2n3c1CCC3CCC2. The van der Waals surface area contributed by atoms with E-state index in [1.165, 1.54) is 30.7 Å². The van der Waals surface area contributed by atoms with E-state index in [0.29, 0.717) is 6.04 Å². The van der Waals surface area contributed by atoms with Crippen LogP contribution in [0.4, 0.5) is 0 Å². The molecule has 68 valence electrons. The molecule has 3 heterocycles. The second-order valence-electron chi connectivity index (χ2n) is 4.11. The summed E-state index contributed by atoms with van der Waals surface area (Å²) in [5.74, 6) is 0. The number of aryl methyl sites for hydroxylation is 1. The first-order chi connectivity index (χ1) is 6.40. The highest BCUT2D eigenvalue weighted by atomic mass is 16.1. The molecule has 1 unspecified atom stereocenters. The first-order valence-electron chi connectivity index (χ1n) is 5.08. The number of carbonyl (C=O) groups excluding carboxylic acids is 1. The van der Waals surface area contributed by atoms with Gasteiger partial charge in [-0.3, -0.25) is 4.79 Å². The van der Waals surface area contributed by atoms with Crippen LogP contribution in [0.15, 0.2) is 6.07 Å². The Kier molecular flexibility index (Phi) is 1.40. The summed E-state index contributed by atoms with van der Waals surface area (Å²) in [6.45, 7) is 0. The highest BCUT2D eigenvalue weighted by molar-refractivity contribution is 5.77. The van der Waals surface area contributed by atoms with Gasteiger partial charge in [0, 0.05) is 23.0 Å². The van der Waals surface area contributed by atoms with Crippen LogP contribution in [-0.2, 0) is 12.8 Å². The Balaban J connectivity index is 2.22. The van der Waals surface area contributed by atoms with Crippen LogP contribution in [0, 0.1) is 0 Å². The Morgan fingerprint density at radius 1 is 1.38 bits per heavy atom. The van der Waals surface area contributed by atoms with E-state index >= 15 is 0 Å². The number of aromatic nitrogens is 1. The molecule has 13 heavy (non-hydrogen) atoms. The molecule has 2 heteroatoms. The van der Waals surface area contributed by atoms with E-state index < -0.39 is 0 Å². The third kappa shape index (κ3) is 0.859. The molecular weight excluding hydrogens is 162 g/mol. The standard InChI is InChI=1S/C11H13NO/c13-7-8-6-10-3-1-2-9-4-5-11(8)12(9)10/h6-7,9H,1-5H2. The first kappa shape index (κ1) is 7.36. The van der Waals surface area contributed by atoms with Crippen molar-refractivity contribution in [3.63, 3.8) is 0 Å². The van der Waals surface area contributed by atoms with Crippen molar-refractivity contribution < 1.29 is 4.79 Å². The topological polar surface area (TPSA) is 22.0 Å². The zero-order valence-corrected chi connectivity index (χ0v) is 7.62. The first-order valence-corrected chi connectivity index (χ1v) is 5.08. The van der Waals surface area contributed by atoms with Crippen LogP contribution < -0.4 is 0 Å². The number of rotatable bonds is 1. The van der Waals surface area contributed by atoms with Crippen LogP contribution in [0.5, 0.6) is 0 Å². The van der Waals surface area contributed by atoms with Crippen molar-refractivity contribution in [2.24, 2.45) is 0 Å². The van der Waals surface area contributed by atoms with Crippen LogP contribution in [0.1, 0.15) is 47.1 Å². The third-order valence-electron chi connectivity index (χ3n) is 3.43. The summed E-state index contributed by atoms with van der Waals surface area (Å²) in [6.07, 6.45) is 7.16. The Morgan fingerprint density at radius 2 is 2.31 bits per heavy atom. The number of carbonyl (C=O) groups is 1. The minimum absolute atomic E-state index is 0.715. The molecule has 2 aliphatic rings. The molecule has 0 saturated heterocycles. The summed E-state index contributed by atoms with van der Waals surface area (Å²) in [5, 5.41) is 0. The molecule has 3 rings (SSSR count). The van der Waals surface area contributed by atoms with E-state index in [1.54, 1.807) is 0 Å². The van der Waals surface area contributed by atoms with Crippen molar-refractivity contribution in [2.75, 3.05) is 0 Å². The van der Waals surface area contributed by atoms with Crippen molar-refractivity contribution >= 4 is 6.29 Å². The molecule has 1 atom stereocenters. The van der Waals surface area contributed by atoms with Gasteiger partial charge in [-0.25, -0.2) is 0 Å². The van der Waals surface area contributed by atoms with Gasteiger partial charge in [-0.05, 0) is 38.2 Å². The van der Waals surface area contributed by atoms with Gasteiger partial charge in [0.05, 0.1) is 0 Å². The molecule has 1 aromatic heterocycles. The highest BCUT2D eigenvalue weighted by Crippen LogP contribution is 2.38. The zero-order chi connectivity index (χ0) is 8.84. The molecule has 0 aliphatic carbocycles. The minimum atomic E-state index is 0.715. The normalized spacial score (nSPS) is 24.5. The Hall–Kier alpha value is -1.05. The maximum Gasteiger partial charge on any atom is 0.151 e. The summed E-state index contributed by atoms with van der Waals surface area (Å²) in [4.78, 5) is 10.8. The van der Waals surface area contributed by atoms with Gasteiger partial charge in [0.15, 0.2) is 6.29 Å². The fourth-order valence-electron chi connectivity index (χ4n) is 2.88. The smallest absolute Gasteiger partial charge is 0.151 e. The fourth-order valence-corrected chi connectivity index (χ4v) is 2.88. The molecule has 2 aliphatic heterocycles. The van der Waals surface area contributed by atoms with Crippen LogP contribution in [-0.4, -0.2) is 10.9 Å². The Morgan fingerprint density at radius 3 is 3.15 bits per heavy atom. The van der Waals surface area contributed by atoms with Gasteiger partial charge in [-0.15, -0.1) is 0 Å². The molecule has 1 aromatic rings. The van der Waals surface area contributed by atoms with Gasteiger partial charge < -0.3 is 4.57 Å². The molecule has 0 amide bonds. The molecule has 0 N–H and O–H groups in total. The third-order valence-corrected chi connectivity index (χ3v) is 3.43. The van der Waals surface area contributed by atoms with Crippen LogP contribution in [0.25, 0.3) is 0 Å². The van der Waals surface area contributed by atoms with E-state index in [0.717, 1.165) is 24.7 Å². The summed E-state index contributed by atoms with van der Waals surface area (Å²) >= 11 is 0. The predicted octanol–water partition coefficient (Wildman–Crippen LogP) is 2.12. The van der Waals surface area contributed by atoms with Crippen molar-refractivity contribution in [2.45, 2.75) is 38.1 Å². The molecular formula is C11H13NO. The van der Waals surface area contributed by atoms with Crippen molar-refractivity contribution in [3.05, 3.63) is 23.0 Å².